The minimum absolute atomic E-state index is 0.131. The van der Waals surface area contributed by atoms with Crippen molar-refractivity contribution >= 4 is 21.5 Å². The van der Waals surface area contributed by atoms with Gasteiger partial charge >= 0.3 is 12.2 Å². The van der Waals surface area contributed by atoms with Gasteiger partial charge in [0.05, 0.1) is 11.1 Å². The predicted octanol–water partition coefficient (Wildman–Crippen LogP) is 17.6. The van der Waals surface area contributed by atoms with Gasteiger partial charge in [-0.2, -0.15) is 17.6 Å². The SMILES string of the molecule is CCCCCC1CCC(c2ccc(C(F)(F)Oc3ccc4ccccc4c3-c3c(OC(F)(F)c4ccc(C5CCC(CCCCC)CC5)cc4)ccc4ccccc34)cc2)CC1. The number of hydrogen-bond acceptors (Lipinski definition) is 2. The van der Waals surface area contributed by atoms with E-state index in [0.29, 0.717) is 22.6 Å². The van der Waals surface area contributed by atoms with Crippen molar-refractivity contribution in [2.45, 2.75) is 141 Å². The molecule has 0 heterocycles. The van der Waals surface area contributed by atoms with Gasteiger partial charge in [0.15, 0.2) is 0 Å². The van der Waals surface area contributed by atoms with Crippen molar-refractivity contribution < 1.29 is 27.0 Å². The van der Waals surface area contributed by atoms with Crippen molar-refractivity contribution in [2.75, 3.05) is 0 Å². The van der Waals surface area contributed by atoms with E-state index in [2.05, 4.69) is 13.8 Å². The third-order valence-corrected chi connectivity index (χ3v) is 14.1. The molecule has 0 N–H and O–H groups in total. The monoisotopic (exact) mass is 842 g/mol. The quantitative estimate of drug-likeness (QED) is 0.0673. The lowest BCUT2D eigenvalue weighted by Gasteiger charge is -2.29. The van der Waals surface area contributed by atoms with Gasteiger partial charge in [0, 0.05) is 11.1 Å². The summed E-state index contributed by atoms with van der Waals surface area (Å²) in [5, 5.41) is 2.66. The van der Waals surface area contributed by atoms with Crippen LogP contribution < -0.4 is 9.47 Å². The number of ether oxygens (including phenoxy) is 2. The summed E-state index contributed by atoms with van der Waals surface area (Å²) in [4.78, 5) is 0. The molecule has 6 aromatic carbocycles. The van der Waals surface area contributed by atoms with Crippen molar-refractivity contribution in [3.63, 3.8) is 0 Å². The fourth-order valence-electron chi connectivity index (χ4n) is 10.4. The zero-order chi connectivity index (χ0) is 43.1. The van der Waals surface area contributed by atoms with Gasteiger partial charge in [-0.1, -0.05) is 150 Å². The van der Waals surface area contributed by atoms with Crippen LogP contribution in [0, 0.1) is 11.8 Å². The molecule has 0 amide bonds. The summed E-state index contributed by atoms with van der Waals surface area (Å²) in [6, 6.07) is 34.4. The normalized spacial score (nSPS) is 19.8. The molecule has 2 saturated carbocycles. The summed E-state index contributed by atoms with van der Waals surface area (Å²) in [6.45, 7) is 4.47. The van der Waals surface area contributed by atoms with Gasteiger partial charge < -0.3 is 9.47 Å². The molecule has 0 radical (unpaired) electrons. The summed E-state index contributed by atoms with van der Waals surface area (Å²) in [5.74, 6) is 1.98. The Hall–Kier alpha value is -4.84. The van der Waals surface area contributed by atoms with Gasteiger partial charge in [0.1, 0.15) is 11.5 Å². The van der Waals surface area contributed by atoms with Crippen molar-refractivity contribution in [2.24, 2.45) is 11.8 Å². The fraction of sp³-hybridized carbons (Fsp3) is 0.429. The zero-order valence-corrected chi connectivity index (χ0v) is 36.5. The number of hydrogen-bond donors (Lipinski definition) is 0. The van der Waals surface area contributed by atoms with Gasteiger partial charge in [-0.05, 0) is 144 Å². The molecule has 2 aliphatic carbocycles. The number of halogens is 4. The molecule has 326 valence electrons. The average Bonchev–Trinajstić information content (AvgIpc) is 3.30. The average molecular weight is 843 g/mol. The fourth-order valence-corrected chi connectivity index (χ4v) is 10.4. The Balaban J connectivity index is 1.07. The Morgan fingerprint density at radius 3 is 1.18 bits per heavy atom. The molecule has 0 aliphatic heterocycles. The van der Waals surface area contributed by atoms with E-state index in [4.69, 9.17) is 9.47 Å². The molecule has 6 heteroatoms. The topological polar surface area (TPSA) is 18.5 Å². The minimum atomic E-state index is -3.72. The molecule has 6 aromatic rings. The van der Waals surface area contributed by atoms with Crippen LogP contribution in [0.4, 0.5) is 17.6 Å². The van der Waals surface area contributed by atoms with Crippen LogP contribution in [0.1, 0.15) is 151 Å². The molecule has 0 spiro atoms. The molecule has 2 nitrogen and oxygen atoms in total. The first-order valence-electron chi connectivity index (χ1n) is 23.5. The van der Waals surface area contributed by atoms with Crippen molar-refractivity contribution in [1.29, 1.82) is 0 Å². The van der Waals surface area contributed by atoms with Crippen molar-refractivity contribution in [3.05, 3.63) is 144 Å². The molecule has 2 aliphatic rings. The second-order valence-corrected chi connectivity index (χ2v) is 18.2. The highest BCUT2D eigenvalue weighted by Gasteiger charge is 2.39. The van der Waals surface area contributed by atoms with Gasteiger partial charge in [-0.25, -0.2) is 0 Å². The van der Waals surface area contributed by atoms with Gasteiger partial charge in [0.25, 0.3) is 0 Å². The summed E-state index contributed by atoms with van der Waals surface area (Å²) < 4.78 is 77.5. The van der Waals surface area contributed by atoms with Gasteiger partial charge in [-0.15, -0.1) is 0 Å². The lowest BCUT2D eigenvalue weighted by atomic mass is 9.77. The largest absolute Gasteiger partial charge is 0.428 e. The molecule has 0 atom stereocenters. The highest BCUT2D eigenvalue weighted by Crippen LogP contribution is 2.50. The number of benzene rings is 6. The van der Waals surface area contributed by atoms with E-state index < -0.39 is 12.2 Å². The van der Waals surface area contributed by atoms with E-state index in [-0.39, 0.29) is 33.8 Å². The Kier molecular flexibility index (Phi) is 13.9. The third-order valence-electron chi connectivity index (χ3n) is 14.1. The van der Waals surface area contributed by atoms with Crippen molar-refractivity contribution in [3.8, 4) is 22.6 Å². The molecule has 0 unspecified atom stereocenters. The maximum absolute atomic E-state index is 16.5. The van der Waals surface area contributed by atoms with Crippen LogP contribution in [-0.2, 0) is 12.2 Å². The first-order chi connectivity index (χ1) is 30.1. The Labute approximate surface area is 366 Å². The second kappa shape index (κ2) is 19.7. The smallest absolute Gasteiger partial charge is 0.426 e. The summed E-state index contributed by atoms with van der Waals surface area (Å²) in [5.41, 5.74) is 2.15. The molecule has 62 heavy (non-hydrogen) atoms. The maximum Gasteiger partial charge on any atom is 0.426 e. The molecule has 2 fully saturated rings. The predicted molar refractivity (Wildman–Crippen MR) is 246 cm³/mol. The highest BCUT2D eigenvalue weighted by molar-refractivity contribution is 6.09. The first-order valence-corrected chi connectivity index (χ1v) is 23.5. The molecular formula is C56H62F4O2. The number of unbranched alkanes of at least 4 members (excludes halogenated alkanes) is 4. The lowest BCUT2D eigenvalue weighted by molar-refractivity contribution is -0.186. The summed E-state index contributed by atoms with van der Waals surface area (Å²) in [6.07, 6.45) is 11.7. The van der Waals surface area contributed by atoms with Crippen LogP contribution >= 0.6 is 0 Å². The van der Waals surface area contributed by atoms with Crippen LogP contribution in [0.2, 0.25) is 0 Å². The second-order valence-electron chi connectivity index (χ2n) is 18.2. The van der Waals surface area contributed by atoms with E-state index in [9.17, 15) is 0 Å². The number of rotatable bonds is 17. The lowest BCUT2D eigenvalue weighted by Crippen LogP contribution is -2.23. The maximum atomic E-state index is 16.5. The van der Waals surface area contributed by atoms with E-state index in [0.717, 1.165) is 59.4 Å². The first kappa shape index (κ1) is 43.8. The molecule has 0 saturated heterocycles. The standard InChI is InChI=1S/C56H62F4O2/c1-3-5-7-13-39-19-23-41(24-20-39)43-27-33-47(34-28-43)55(57,58)61-51-37-31-45-15-9-11-17-49(45)53(51)54-50-18-12-10-16-46(50)32-38-52(54)62-56(59,60)48-35-29-44(30-36-48)42-25-21-40(22-26-42)14-8-6-4-2/h9-12,15-18,27-42H,3-8,13-14,19-26H2,1-2H3. The van der Waals surface area contributed by atoms with Gasteiger partial charge in [-0.3, -0.25) is 0 Å². The highest BCUT2D eigenvalue weighted by atomic mass is 19.3. The Bertz CT molecular complexity index is 2200. The van der Waals surface area contributed by atoms with E-state index in [1.165, 1.54) is 113 Å². The number of fused-ring (bicyclic) bond motifs is 2. The Morgan fingerprint density at radius 1 is 0.435 bits per heavy atom. The minimum Gasteiger partial charge on any atom is -0.428 e. The summed E-state index contributed by atoms with van der Waals surface area (Å²) >= 11 is 0. The molecule has 8 rings (SSSR count). The molecule has 0 bridgehead atoms. The van der Waals surface area contributed by atoms with Crippen LogP contribution in [-0.4, -0.2) is 0 Å². The third kappa shape index (κ3) is 10.0. The van der Waals surface area contributed by atoms with Crippen LogP contribution in [0.25, 0.3) is 32.7 Å². The van der Waals surface area contributed by atoms with E-state index in [1.54, 1.807) is 12.1 Å². The van der Waals surface area contributed by atoms with Crippen LogP contribution in [0.3, 0.4) is 0 Å². The summed E-state index contributed by atoms with van der Waals surface area (Å²) in [7, 11) is 0. The molecule has 0 aromatic heterocycles. The van der Waals surface area contributed by atoms with E-state index >= 15 is 17.6 Å². The Morgan fingerprint density at radius 2 is 0.806 bits per heavy atom. The van der Waals surface area contributed by atoms with E-state index in [1.807, 2.05) is 72.8 Å². The van der Waals surface area contributed by atoms with Crippen LogP contribution in [0.5, 0.6) is 11.5 Å². The van der Waals surface area contributed by atoms with Gasteiger partial charge in [0.2, 0.25) is 0 Å². The zero-order valence-electron chi connectivity index (χ0n) is 36.5. The number of alkyl halides is 4. The van der Waals surface area contributed by atoms with Crippen molar-refractivity contribution in [1.82, 2.24) is 0 Å². The van der Waals surface area contributed by atoms with Crippen LogP contribution in [0.15, 0.2) is 121 Å². The molecular weight excluding hydrogens is 781 g/mol.